The van der Waals surface area contributed by atoms with E-state index in [0.717, 1.165) is 0 Å². The summed E-state index contributed by atoms with van der Waals surface area (Å²) in [4.78, 5) is 15.8. The number of hydrogen-bond acceptors (Lipinski definition) is 4. The van der Waals surface area contributed by atoms with Gasteiger partial charge in [0.15, 0.2) is 5.70 Å². The number of benzene rings is 2. The van der Waals surface area contributed by atoms with E-state index >= 15 is 0 Å². The van der Waals surface area contributed by atoms with Crippen LogP contribution in [0, 0.1) is 5.82 Å². The summed E-state index contributed by atoms with van der Waals surface area (Å²) in [5, 5.41) is 0. The maximum Gasteiger partial charge on any atom is 0.387 e. The highest BCUT2D eigenvalue weighted by Gasteiger charge is 2.25. The fourth-order valence-corrected chi connectivity index (χ4v) is 2.06. The van der Waals surface area contributed by atoms with Crippen molar-refractivity contribution < 1.29 is 27.4 Å². The Labute approximate surface area is 134 Å². The van der Waals surface area contributed by atoms with Crippen LogP contribution in [0.1, 0.15) is 11.1 Å². The minimum atomic E-state index is -2.91. The summed E-state index contributed by atoms with van der Waals surface area (Å²) in [5.41, 5.74) is 0.591. The minimum absolute atomic E-state index is 0.00306. The molecule has 0 saturated carbocycles. The zero-order valence-electron chi connectivity index (χ0n) is 12.1. The molecule has 122 valence electrons. The second-order valence-electron chi connectivity index (χ2n) is 4.76. The van der Waals surface area contributed by atoms with Crippen molar-refractivity contribution in [2.24, 2.45) is 4.99 Å². The standard InChI is InChI=1S/C17H10F3NO3/c18-13-4-2-1-3-12(13)15-21-14(16(22)24-15)9-10-5-7-11(8-6-10)23-17(19)20/h1-9,17H/b14-9-. The Morgan fingerprint density at radius 1 is 1.08 bits per heavy atom. The van der Waals surface area contributed by atoms with Gasteiger partial charge in [0.2, 0.25) is 5.90 Å². The first kappa shape index (κ1) is 15.8. The van der Waals surface area contributed by atoms with Crippen molar-refractivity contribution in [3.8, 4) is 5.75 Å². The molecule has 4 nitrogen and oxygen atoms in total. The lowest BCUT2D eigenvalue weighted by Crippen LogP contribution is -2.07. The summed E-state index contributed by atoms with van der Waals surface area (Å²) < 4.78 is 47.1. The van der Waals surface area contributed by atoms with E-state index in [2.05, 4.69) is 9.73 Å². The lowest BCUT2D eigenvalue weighted by Gasteiger charge is -2.03. The molecule has 1 aliphatic rings. The Kier molecular flexibility index (Phi) is 4.33. The van der Waals surface area contributed by atoms with Gasteiger partial charge in [0.1, 0.15) is 11.6 Å². The molecule has 2 aromatic rings. The molecular weight excluding hydrogens is 323 g/mol. The maximum absolute atomic E-state index is 13.7. The fraction of sp³-hybridized carbons (Fsp3) is 0.0588. The van der Waals surface area contributed by atoms with Gasteiger partial charge in [-0.05, 0) is 35.9 Å². The quantitative estimate of drug-likeness (QED) is 0.632. The highest BCUT2D eigenvalue weighted by molar-refractivity contribution is 6.12. The van der Waals surface area contributed by atoms with Crippen molar-refractivity contribution >= 4 is 17.9 Å². The number of cyclic esters (lactones) is 1. The number of alkyl halides is 2. The molecule has 0 amide bonds. The van der Waals surface area contributed by atoms with Crippen molar-refractivity contribution in [1.82, 2.24) is 0 Å². The van der Waals surface area contributed by atoms with E-state index in [9.17, 15) is 18.0 Å². The molecule has 0 bridgehead atoms. The third-order valence-electron chi connectivity index (χ3n) is 3.13. The summed E-state index contributed by atoms with van der Waals surface area (Å²) in [6, 6.07) is 11.4. The largest absolute Gasteiger partial charge is 0.435 e. The van der Waals surface area contributed by atoms with E-state index in [1.54, 1.807) is 6.07 Å². The predicted octanol–water partition coefficient (Wildman–Crippen LogP) is 3.77. The number of esters is 1. The molecule has 3 rings (SSSR count). The zero-order chi connectivity index (χ0) is 17.1. The molecule has 0 atom stereocenters. The van der Waals surface area contributed by atoms with Crippen LogP contribution in [0.25, 0.3) is 6.08 Å². The first-order chi connectivity index (χ1) is 11.5. The highest BCUT2D eigenvalue weighted by atomic mass is 19.3. The van der Waals surface area contributed by atoms with Crippen LogP contribution in [0.4, 0.5) is 13.2 Å². The third kappa shape index (κ3) is 3.45. The molecule has 0 radical (unpaired) electrons. The van der Waals surface area contributed by atoms with Crippen LogP contribution in [0.3, 0.4) is 0 Å². The van der Waals surface area contributed by atoms with Gasteiger partial charge in [0.25, 0.3) is 0 Å². The topological polar surface area (TPSA) is 47.9 Å². The minimum Gasteiger partial charge on any atom is -0.435 e. The molecule has 0 aliphatic carbocycles. The molecule has 0 saturated heterocycles. The van der Waals surface area contributed by atoms with Crippen LogP contribution >= 0.6 is 0 Å². The third-order valence-corrected chi connectivity index (χ3v) is 3.13. The van der Waals surface area contributed by atoms with Crippen LogP contribution in [0.15, 0.2) is 59.2 Å². The van der Waals surface area contributed by atoms with E-state index in [4.69, 9.17) is 4.74 Å². The number of rotatable bonds is 4. The van der Waals surface area contributed by atoms with Gasteiger partial charge in [-0.3, -0.25) is 0 Å². The summed E-state index contributed by atoms with van der Waals surface area (Å²) in [7, 11) is 0. The van der Waals surface area contributed by atoms with Gasteiger partial charge in [-0.1, -0.05) is 24.3 Å². The van der Waals surface area contributed by atoms with Gasteiger partial charge < -0.3 is 9.47 Å². The van der Waals surface area contributed by atoms with Crippen LogP contribution < -0.4 is 4.74 Å². The lowest BCUT2D eigenvalue weighted by atomic mass is 10.2. The number of halogens is 3. The van der Waals surface area contributed by atoms with Crippen molar-refractivity contribution in [3.63, 3.8) is 0 Å². The molecule has 1 heterocycles. The Morgan fingerprint density at radius 2 is 1.79 bits per heavy atom. The molecule has 0 N–H and O–H groups in total. The van der Waals surface area contributed by atoms with Crippen LogP contribution in [0.5, 0.6) is 5.75 Å². The summed E-state index contributed by atoms with van der Waals surface area (Å²) in [6.45, 7) is -2.91. The Hall–Kier alpha value is -3.09. The van der Waals surface area contributed by atoms with E-state index in [1.807, 2.05) is 0 Å². The van der Waals surface area contributed by atoms with Crippen LogP contribution in [0.2, 0.25) is 0 Å². The van der Waals surface area contributed by atoms with E-state index in [1.165, 1.54) is 48.5 Å². The average Bonchev–Trinajstić information content (AvgIpc) is 2.90. The first-order valence-electron chi connectivity index (χ1n) is 6.85. The van der Waals surface area contributed by atoms with Crippen molar-refractivity contribution in [2.45, 2.75) is 6.61 Å². The number of hydrogen-bond donors (Lipinski definition) is 0. The van der Waals surface area contributed by atoms with Crippen molar-refractivity contribution in [1.29, 1.82) is 0 Å². The second-order valence-corrected chi connectivity index (χ2v) is 4.76. The van der Waals surface area contributed by atoms with Crippen molar-refractivity contribution in [3.05, 3.63) is 71.2 Å². The summed E-state index contributed by atoms with van der Waals surface area (Å²) >= 11 is 0. The van der Waals surface area contributed by atoms with Gasteiger partial charge in [-0.15, -0.1) is 0 Å². The molecule has 0 unspecified atom stereocenters. The number of ether oxygens (including phenoxy) is 2. The van der Waals surface area contributed by atoms with Crippen molar-refractivity contribution in [2.75, 3.05) is 0 Å². The Morgan fingerprint density at radius 3 is 2.46 bits per heavy atom. The monoisotopic (exact) mass is 333 g/mol. The van der Waals surface area contributed by atoms with Gasteiger partial charge in [0, 0.05) is 0 Å². The maximum atomic E-state index is 13.7. The summed E-state index contributed by atoms with van der Waals surface area (Å²) in [6.07, 6.45) is 1.41. The smallest absolute Gasteiger partial charge is 0.387 e. The fourth-order valence-electron chi connectivity index (χ4n) is 2.06. The number of carbonyl (C=O) groups excluding carboxylic acids is 1. The first-order valence-corrected chi connectivity index (χ1v) is 6.85. The highest BCUT2D eigenvalue weighted by Crippen LogP contribution is 2.22. The number of aliphatic imine (C=N–C) groups is 1. The van der Waals surface area contributed by atoms with Gasteiger partial charge >= 0.3 is 12.6 Å². The van der Waals surface area contributed by atoms with Crippen LogP contribution in [-0.2, 0) is 9.53 Å². The zero-order valence-corrected chi connectivity index (χ0v) is 12.1. The molecule has 24 heavy (non-hydrogen) atoms. The second kappa shape index (κ2) is 6.57. The Bertz CT molecular complexity index is 829. The predicted molar refractivity (Wildman–Crippen MR) is 80.1 cm³/mol. The molecule has 1 aliphatic heterocycles. The number of nitrogens with zero attached hydrogens (tertiary/aromatic N) is 1. The van der Waals surface area contributed by atoms with Gasteiger partial charge in [-0.2, -0.15) is 8.78 Å². The van der Waals surface area contributed by atoms with E-state index < -0.39 is 18.4 Å². The molecule has 0 aromatic heterocycles. The average molecular weight is 333 g/mol. The normalized spacial score (nSPS) is 15.6. The van der Waals surface area contributed by atoms with Gasteiger partial charge in [0.05, 0.1) is 5.56 Å². The van der Waals surface area contributed by atoms with E-state index in [-0.39, 0.29) is 22.9 Å². The van der Waals surface area contributed by atoms with E-state index in [0.29, 0.717) is 5.56 Å². The molecule has 2 aromatic carbocycles. The molecule has 0 fully saturated rings. The van der Waals surface area contributed by atoms with Crippen LogP contribution in [-0.4, -0.2) is 18.5 Å². The van der Waals surface area contributed by atoms with Gasteiger partial charge in [-0.25, -0.2) is 14.2 Å². The number of carbonyl (C=O) groups is 1. The lowest BCUT2D eigenvalue weighted by molar-refractivity contribution is -0.129. The molecule has 7 heteroatoms. The SMILES string of the molecule is O=C1OC(c2ccccc2F)=N/C1=C\c1ccc(OC(F)F)cc1. The molecular formula is C17H10F3NO3. The Balaban J connectivity index is 1.85. The summed E-state index contributed by atoms with van der Waals surface area (Å²) in [5.74, 6) is -1.40. The molecule has 0 spiro atoms.